The van der Waals surface area contributed by atoms with Crippen molar-refractivity contribution in [3.8, 4) is 0 Å². The average molecular weight is 453 g/mol. The second-order valence-electron chi connectivity index (χ2n) is 9.14. The van der Waals surface area contributed by atoms with Gasteiger partial charge in [0.15, 0.2) is 5.58 Å². The monoisotopic (exact) mass is 452 g/mol. The number of aryl methyl sites for hydroxylation is 2. The minimum absolute atomic E-state index is 0.903. The summed E-state index contributed by atoms with van der Waals surface area (Å²) in [4.78, 5) is 4.77. The highest BCUT2D eigenvalue weighted by Crippen LogP contribution is 2.56. The summed E-state index contributed by atoms with van der Waals surface area (Å²) in [5.74, 6) is 0. The molecule has 0 amide bonds. The van der Waals surface area contributed by atoms with Crippen LogP contribution in [0.5, 0.6) is 0 Å². The fourth-order valence-electron chi connectivity index (χ4n) is 5.44. The Bertz CT molecular complexity index is 1750. The molecule has 0 unspecified atom stereocenters. The molecule has 0 fully saturated rings. The largest absolute Gasteiger partial charge is 0.454 e. The molecule has 0 bridgehead atoms. The lowest BCUT2D eigenvalue weighted by atomic mass is 10.00. The zero-order valence-electron chi connectivity index (χ0n) is 19.7. The standard InChI is InChI=1S/C32H24N2O/c1-21-11-3-5-15-25(21)34-27-17-7-6-16-26(27)33(28-18-9-12-22(2)31(28)34)29-19-10-14-24-23-13-4-8-20-30(23)35-32(24)29/h3-20H,1-2H3. The Balaban J connectivity index is 1.57. The van der Waals surface area contributed by atoms with Crippen LogP contribution in [0.4, 0.5) is 34.1 Å². The minimum atomic E-state index is 0.903. The predicted octanol–water partition coefficient (Wildman–Crippen LogP) is 9.46. The van der Waals surface area contributed by atoms with Crippen LogP contribution < -0.4 is 9.80 Å². The molecular weight excluding hydrogens is 428 g/mol. The Morgan fingerprint density at radius 1 is 0.457 bits per heavy atom. The number of para-hydroxylation sites is 6. The summed E-state index contributed by atoms with van der Waals surface area (Å²) in [5.41, 5.74) is 11.1. The van der Waals surface area contributed by atoms with E-state index in [-0.39, 0.29) is 0 Å². The number of fused-ring (bicyclic) bond motifs is 5. The molecule has 1 aliphatic rings. The molecule has 5 aromatic carbocycles. The summed E-state index contributed by atoms with van der Waals surface area (Å²) < 4.78 is 6.47. The molecule has 0 atom stereocenters. The van der Waals surface area contributed by atoms with E-state index in [1.165, 1.54) is 22.5 Å². The maximum absolute atomic E-state index is 6.47. The van der Waals surface area contributed by atoms with Gasteiger partial charge in [-0.25, -0.2) is 0 Å². The number of benzene rings is 5. The van der Waals surface area contributed by atoms with Gasteiger partial charge in [-0.2, -0.15) is 0 Å². The van der Waals surface area contributed by atoms with E-state index in [1.807, 2.05) is 12.1 Å². The van der Waals surface area contributed by atoms with Crippen molar-refractivity contribution >= 4 is 56.1 Å². The molecule has 0 aliphatic carbocycles. The summed E-state index contributed by atoms with van der Waals surface area (Å²) in [6.07, 6.45) is 0. The van der Waals surface area contributed by atoms with Crippen LogP contribution in [0.2, 0.25) is 0 Å². The van der Waals surface area contributed by atoms with E-state index >= 15 is 0 Å². The molecule has 3 heteroatoms. The molecule has 3 nitrogen and oxygen atoms in total. The zero-order chi connectivity index (χ0) is 23.5. The Morgan fingerprint density at radius 3 is 1.86 bits per heavy atom. The Hall–Kier alpha value is -4.50. The maximum atomic E-state index is 6.47. The summed E-state index contributed by atoms with van der Waals surface area (Å²) >= 11 is 0. The van der Waals surface area contributed by atoms with Gasteiger partial charge in [0.25, 0.3) is 0 Å². The highest BCUT2D eigenvalue weighted by Gasteiger charge is 2.33. The lowest BCUT2D eigenvalue weighted by Crippen LogP contribution is -2.25. The average Bonchev–Trinajstić information content (AvgIpc) is 3.27. The van der Waals surface area contributed by atoms with Crippen LogP contribution in [0.15, 0.2) is 114 Å². The van der Waals surface area contributed by atoms with Gasteiger partial charge < -0.3 is 14.2 Å². The third-order valence-corrected chi connectivity index (χ3v) is 7.03. The van der Waals surface area contributed by atoms with Crippen molar-refractivity contribution in [1.82, 2.24) is 0 Å². The molecule has 7 rings (SSSR count). The number of rotatable bonds is 2. The van der Waals surface area contributed by atoms with Crippen molar-refractivity contribution in [2.45, 2.75) is 13.8 Å². The molecule has 0 N–H and O–H groups in total. The van der Waals surface area contributed by atoms with Gasteiger partial charge in [0, 0.05) is 16.5 Å². The van der Waals surface area contributed by atoms with Crippen LogP contribution in [0.25, 0.3) is 21.9 Å². The van der Waals surface area contributed by atoms with E-state index in [4.69, 9.17) is 4.42 Å². The van der Waals surface area contributed by atoms with Crippen LogP contribution in [-0.4, -0.2) is 0 Å². The third kappa shape index (κ3) is 2.85. The van der Waals surface area contributed by atoms with Crippen LogP contribution in [0.3, 0.4) is 0 Å². The third-order valence-electron chi connectivity index (χ3n) is 7.03. The van der Waals surface area contributed by atoms with Gasteiger partial charge >= 0.3 is 0 Å². The van der Waals surface area contributed by atoms with Gasteiger partial charge in [-0.3, -0.25) is 0 Å². The van der Waals surface area contributed by atoms with Gasteiger partial charge in [0.05, 0.1) is 28.4 Å². The van der Waals surface area contributed by atoms with E-state index in [0.717, 1.165) is 44.7 Å². The number of furan rings is 1. The molecule has 1 aliphatic heterocycles. The SMILES string of the molecule is Cc1ccccc1N1c2ccccc2N(c2cccc3c2oc2ccccc23)c2cccc(C)c21. The van der Waals surface area contributed by atoms with E-state index in [9.17, 15) is 0 Å². The van der Waals surface area contributed by atoms with Crippen molar-refractivity contribution in [3.63, 3.8) is 0 Å². The number of hydrogen-bond donors (Lipinski definition) is 0. The van der Waals surface area contributed by atoms with Gasteiger partial charge in [-0.05, 0) is 61.4 Å². The molecule has 1 aromatic heterocycles. The van der Waals surface area contributed by atoms with Crippen molar-refractivity contribution in [1.29, 1.82) is 0 Å². The molecule has 168 valence electrons. The molecule has 2 heterocycles. The van der Waals surface area contributed by atoms with Gasteiger partial charge in [-0.15, -0.1) is 0 Å². The lowest BCUT2D eigenvalue weighted by molar-refractivity contribution is 0.669. The first kappa shape index (κ1) is 19.9. The van der Waals surface area contributed by atoms with E-state index in [1.54, 1.807) is 0 Å². The highest BCUT2D eigenvalue weighted by molar-refractivity contribution is 6.12. The van der Waals surface area contributed by atoms with E-state index < -0.39 is 0 Å². The van der Waals surface area contributed by atoms with Crippen LogP contribution in [0.1, 0.15) is 11.1 Å². The molecule has 0 radical (unpaired) electrons. The molecule has 6 aromatic rings. The molecule has 35 heavy (non-hydrogen) atoms. The summed E-state index contributed by atoms with van der Waals surface area (Å²) in [7, 11) is 0. The second kappa shape index (κ2) is 7.51. The highest BCUT2D eigenvalue weighted by atomic mass is 16.3. The summed E-state index contributed by atoms with van der Waals surface area (Å²) in [6.45, 7) is 4.37. The van der Waals surface area contributed by atoms with E-state index in [0.29, 0.717) is 0 Å². The number of hydrogen-bond acceptors (Lipinski definition) is 3. The first-order valence-electron chi connectivity index (χ1n) is 12.0. The summed E-state index contributed by atoms with van der Waals surface area (Å²) in [5, 5.41) is 2.27. The fraction of sp³-hybridized carbons (Fsp3) is 0.0625. The summed E-state index contributed by atoms with van der Waals surface area (Å²) in [6, 6.07) is 38.5. The Kier molecular flexibility index (Phi) is 4.27. The van der Waals surface area contributed by atoms with Gasteiger partial charge in [-0.1, -0.05) is 72.8 Å². The van der Waals surface area contributed by atoms with Crippen LogP contribution >= 0.6 is 0 Å². The smallest absolute Gasteiger partial charge is 0.159 e. The molecule has 0 saturated heterocycles. The lowest BCUT2D eigenvalue weighted by Gasteiger charge is -2.41. The van der Waals surface area contributed by atoms with Crippen molar-refractivity contribution < 1.29 is 4.42 Å². The van der Waals surface area contributed by atoms with Crippen LogP contribution in [0, 0.1) is 13.8 Å². The molecule has 0 spiro atoms. The first-order chi connectivity index (χ1) is 17.2. The number of nitrogens with zero attached hydrogens (tertiary/aromatic N) is 2. The fourth-order valence-corrected chi connectivity index (χ4v) is 5.44. The number of anilines is 6. The van der Waals surface area contributed by atoms with Crippen molar-refractivity contribution in [2.75, 3.05) is 9.80 Å². The Morgan fingerprint density at radius 2 is 1.03 bits per heavy atom. The van der Waals surface area contributed by atoms with Crippen LogP contribution in [-0.2, 0) is 0 Å². The first-order valence-corrected chi connectivity index (χ1v) is 12.0. The topological polar surface area (TPSA) is 19.6 Å². The zero-order valence-corrected chi connectivity index (χ0v) is 19.7. The second-order valence-corrected chi connectivity index (χ2v) is 9.14. The molecular formula is C32H24N2O. The Labute approximate surface area is 204 Å². The minimum Gasteiger partial charge on any atom is -0.454 e. The van der Waals surface area contributed by atoms with Crippen molar-refractivity contribution in [2.24, 2.45) is 0 Å². The van der Waals surface area contributed by atoms with Gasteiger partial charge in [0.1, 0.15) is 5.58 Å². The normalized spacial score (nSPS) is 12.7. The van der Waals surface area contributed by atoms with E-state index in [2.05, 4.69) is 121 Å². The maximum Gasteiger partial charge on any atom is 0.159 e. The van der Waals surface area contributed by atoms with Gasteiger partial charge in [0.2, 0.25) is 0 Å². The molecule has 0 saturated carbocycles. The quantitative estimate of drug-likeness (QED) is 0.260. The van der Waals surface area contributed by atoms with Crippen molar-refractivity contribution in [3.05, 3.63) is 120 Å². The predicted molar refractivity (Wildman–Crippen MR) is 146 cm³/mol.